The normalized spacial score (nSPS) is 24.7. The Bertz CT molecular complexity index is 566. The predicted octanol–water partition coefficient (Wildman–Crippen LogP) is 3.15. The molecule has 0 spiro atoms. The number of likely N-dealkylation sites (tertiary alicyclic amines) is 1. The summed E-state index contributed by atoms with van der Waals surface area (Å²) in [7, 11) is -0.990. The lowest BCUT2D eigenvalue weighted by Crippen LogP contribution is -2.39. The molecule has 0 N–H and O–H groups in total. The number of amides is 1. The molecule has 4 heteroatoms. The molecule has 1 saturated carbocycles. The fraction of sp³-hybridized carbons (Fsp3) is 0.611. The quantitative estimate of drug-likeness (QED) is 0.855. The highest BCUT2D eigenvalue weighted by atomic mass is 32.2. The second kappa shape index (κ2) is 6.95. The van der Waals surface area contributed by atoms with Crippen molar-refractivity contribution in [3.63, 3.8) is 0 Å². The van der Waals surface area contributed by atoms with E-state index in [0.717, 1.165) is 29.8 Å². The molecular formula is C18H25NO2S. The van der Waals surface area contributed by atoms with Crippen molar-refractivity contribution in [2.45, 2.75) is 55.9 Å². The molecule has 1 aliphatic heterocycles. The van der Waals surface area contributed by atoms with E-state index in [-0.39, 0.29) is 5.92 Å². The summed E-state index contributed by atoms with van der Waals surface area (Å²) in [5.74, 6) is 0.398. The first kappa shape index (κ1) is 15.7. The molecule has 1 aromatic rings. The summed E-state index contributed by atoms with van der Waals surface area (Å²) in [4.78, 5) is 15.8. The fourth-order valence-corrected chi connectivity index (χ4v) is 4.72. The van der Waals surface area contributed by atoms with Gasteiger partial charge in [-0.05, 0) is 37.3 Å². The molecule has 1 amide bonds. The molecule has 1 aliphatic carbocycles. The van der Waals surface area contributed by atoms with Gasteiger partial charge in [0, 0.05) is 29.7 Å². The van der Waals surface area contributed by atoms with E-state index in [1.165, 1.54) is 32.1 Å². The summed E-state index contributed by atoms with van der Waals surface area (Å²) in [6.07, 6.45) is 9.58. The number of benzene rings is 1. The Kier molecular flexibility index (Phi) is 4.97. The Balaban J connectivity index is 1.69. The van der Waals surface area contributed by atoms with Crippen molar-refractivity contribution in [1.82, 2.24) is 4.90 Å². The van der Waals surface area contributed by atoms with Crippen molar-refractivity contribution < 1.29 is 9.00 Å². The first-order valence-corrected chi connectivity index (χ1v) is 9.94. The van der Waals surface area contributed by atoms with Crippen LogP contribution in [0.1, 0.15) is 44.1 Å². The third-order valence-electron chi connectivity index (χ3n) is 5.11. The van der Waals surface area contributed by atoms with Gasteiger partial charge in [-0.25, -0.2) is 0 Å². The minimum absolute atomic E-state index is 0.0756. The number of rotatable bonds is 4. The summed E-state index contributed by atoms with van der Waals surface area (Å²) >= 11 is 0. The monoisotopic (exact) mass is 319 g/mol. The van der Waals surface area contributed by atoms with Gasteiger partial charge in [0.1, 0.15) is 0 Å². The largest absolute Gasteiger partial charge is 0.339 e. The maximum Gasteiger partial charge on any atom is 0.226 e. The van der Waals surface area contributed by atoms with Crippen LogP contribution in [0.4, 0.5) is 0 Å². The Morgan fingerprint density at radius 3 is 2.59 bits per heavy atom. The number of carbonyl (C=O) groups excluding carboxylic acids is 1. The zero-order valence-corrected chi connectivity index (χ0v) is 14.1. The van der Waals surface area contributed by atoms with Crippen LogP contribution in [0.5, 0.6) is 0 Å². The van der Waals surface area contributed by atoms with Gasteiger partial charge in [-0.2, -0.15) is 0 Å². The summed E-state index contributed by atoms with van der Waals surface area (Å²) in [5, 5.41) is 0. The van der Waals surface area contributed by atoms with Crippen molar-refractivity contribution in [1.29, 1.82) is 0 Å². The minimum atomic E-state index is -0.990. The highest BCUT2D eigenvalue weighted by molar-refractivity contribution is 7.84. The highest BCUT2D eigenvalue weighted by Crippen LogP contribution is 2.31. The number of hydrogen-bond donors (Lipinski definition) is 0. The summed E-state index contributed by atoms with van der Waals surface area (Å²) in [6, 6.07) is 8.31. The molecular weight excluding hydrogens is 294 g/mol. The van der Waals surface area contributed by atoms with E-state index in [0.29, 0.717) is 11.9 Å². The highest BCUT2D eigenvalue weighted by Gasteiger charge is 2.36. The second-order valence-electron chi connectivity index (χ2n) is 6.58. The Hall–Kier alpha value is -1.16. The van der Waals surface area contributed by atoms with Crippen LogP contribution in [0.25, 0.3) is 0 Å². The second-order valence-corrected chi connectivity index (χ2v) is 7.92. The van der Waals surface area contributed by atoms with Crippen molar-refractivity contribution in [2.24, 2.45) is 5.92 Å². The van der Waals surface area contributed by atoms with Crippen LogP contribution in [-0.4, -0.2) is 33.9 Å². The van der Waals surface area contributed by atoms with Crippen LogP contribution < -0.4 is 0 Å². The van der Waals surface area contributed by atoms with E-state index in [9.17, 15) is 9.00 Å². The molecule has 1 saturated heterocycles. The van der Waals surface area contributed by atoms with E-state index < -0.39 is 10.8 Å². The molecule has 22 heavy (non-hydrogen) atoms. The van der Waals surface area contributed by atoms with Crippen LogP contribution in [0.3, 0.4) is 0 Å². The first-order valence-electron chi connectivity index (χ1n) is 8.38. The molecule has 2 fully saturated rings. The SMILES string of the molecule is CS(=O)c1ccccc1CC1CCN(C2CCCCC2)C1=O. The van der Waals surface area contributed by atoms with E-state index >= 15 is 0 Å². The van der Waals surface area contributed by atoms with Gasteiger partial charge in [-0.3, -0.25) is 9.00 Å². The van der Waals surface area contributed by atoms with Gasteiger partial charge >= 0.3 is 0 Å². The van der Waals surface area contributed by atoms with Crippen LogP contribution in [0.15, 0.2) is 29.2 Å². The van der Waals surface area contributed by atoms with Crippen molar-refractivity contribution >= 4 is 16.7 Å². The molecule has 0 radical (unpaired) electrons. The summed E-state index contributed by atoms with van der Waals surface area (Å²) in [5.41, 5.74) is 1.08. The van der Waals surface area contributed by atoms with Gasteiger partial charge < -0.3 is 4.90 Å². The van der Waals surface area contributed by atoms with Gasteiger partial charge in [0.25, 0.3) is 0 Å². The predicted molar refractivity (Wildman–Crippen MR) is 89.2 cm³/mol. The van der Waals surface area contributed by atoms with E-state index in [1.54, 1.807) is 6.26 Å². The maximum atomic E-state index is 12.7. The lowest BCUT2D eigenvalue weighted by atomic mass is 9.94. The Morgan fingerprint density at radius 1 is 1.14 bits per heavy atom. The third kappa shape index (κ3) is 3.27. The van der Waals surface area contributed by atoms with Crippen LogP contribution in [0.2, 0.25) is 0 Å². The molecule has 3 rings (SSSR count). The van der Waals surface area contributed by atoms with E-state index in [4.69, 9.17) is 0 Å². The molecule has 0 bridgehead atoms. The Labute approximate surface area is 135 Å². The lowest BCUT2D eigenvalue weighted by molar-refractivity contribution is -0.133. The minimum Gasteiger partial charge on any atom is -0.339 e. The van der Waals surface area contributed by atoms with Crippen LogP contribution in [0, 0.1) is 5.92 Å². The van der Waals surface area contributed by atoms with Gasteiger partial charge in [-0.15, -0.1) is 0 Å². The average Bonchev–Trinajstić information content (AvgIpc) is 2.89. The van der Waals surface area contributed by atoms with E-state index in [2.05, 4.69) is 4.90 Å². The van der Waals surface area contributed by atoms with Gasteiger partial charge in [0.15, 0.2) is 0 Å². The number of hydrogen-bond acceptors (Lipinski definition) is 2. The first-order chi connectivity index (χ1) is 10.7. The lowest BCUT2D eigenvalue weighted by Gasteiger charge is -2.31. The van der Waals surface area contributed by atoms with Crippen molar-refractivity contribution in [2.75, 3.05) is 12.8 Å². The van der Waals surface area contributed by atoms with Crippen LogP contribution in [-0.2, 0) is 22.0 Å². The third-order valence-corrected chi connectivity index (χ3v) is 6.13. The number of nitrogens with zero attached hydrogens (tertiary/aromatic N) is 1. The molecule has 2 unspecified atom stereocenters. The standard InChI is InChI=1S/C18H25NO2S/c1-22(21)17-10-6-5-7-14(17)13-15-11-12-19(18(15)20)16-8-3-2-4-9-16/h5-7,10,15-16H,2-4,8-9,11-13H2,1H3. The number of carbonyl (C=O) groups is 1. The van der Waals surface area contributed by atoms with Gasteiger partial charge in [-0.1, -0.05) is 37.5 Å². The fourth-order valence-electron chi connectivity index (χ4n) is 3.93. The summed E-state index contributed by atoms with van der Waals surface area (Å²) in [6.45, 7) is 0.908. The average molecular weight is 319 g/mol. The smallest absolute Gasteiger partial charge is 0.226 e. The topological polar surface area (TPSA) is 37.4 Å². The maximum absolute atomic E-state index is 12.7. The molecule has 2 aliphatic rings. The molecule has 2 atom stereocenters. The molecule has 120 valence electrons. The summed E-state index contributed by atoms with van der Waals surface area (Å²) < 4.78 is 11.8. The molecule has 1 aromatic carbocycles. The zero-order valence-electron chi connectivity index (χ0n) is 13.3. The Morgan fingerprint density at radius 2 is 1.86 bits per heavy atom. The van der Waals surface area contributed by atoms with Gasteiger partial charge in [0.05, 0.1) is 10.8 Å². The molecule has 3 nitrogen and oxygen atoms in total. The van der Waals surface area contributed by atoms with Crippen molar-refractivity contribution in [3.8, 4) is 0 Å². The van der Waals surface area contributed by atoms with Gasteiger partial charge in [0.2, 0.25) is 5.91 Å². The zero-order chi connectivity index (χ0) is 15.5. The molecule has 1 heterocycles. The van der Waals surface area contributed by atoms with Crippen molar-refractivity contribution in [3.05, 3.63) is 29.8 Å². The van der Waals surface area contributed by atoms with Crippen LogP contribution >= 0.6 is 0 Å². The molecule has 0 aromatic heterocycles. The van der Waals surface area contributed by atoms with E-state index in [1.807, 2.05) is 24.3 Å².